The fourth-order valence-corrected chi connectivity index (χ4v) is 4.35. The highest BCUT2D eigenvalue weighted by molar-refractivity contribution is 6.07. The zero-order valence-corrected chi connectivity index (χ0v) is 17.4. The van der Waals surface area contributed by atoms with Crippen molar-refractivity contribution >= 4 is 16.8 Å². The smallest absolute Gasteiger partial charge is 0.255 e. The van der Waals surface area contributed by atoms with Crippen LogP contribution in [0.3, 0.4) is 0 Å². The Balaban J connectivity index is 1.79. The SMILES string of the molecule is CCOc1ccc(-c2cc(C(=O)N3[C@H](C)CCC[C@H]3C)c3ccccc3n2)cc1. The molecule has 0 saturated carbocycles. The molecule has 4 rings (SSSR count). The molecule has 3 aromatic rings. The van der Waals surface area contributed by atoms with Gasteiger partial charge in [0.05, 0.1) is 23.4 Å². The van der Waals surface area contributed by atoms with Gasteiger partial charge in [0.25, 0.3) is 5.91 Å². The molecule has 1 saturated heterocycles. The zero-order valence-electron chi connectivity index (χ0n) is 17.4. The normalized spacial score (nSPS) is 19.3. The van der Waals surface area contributed by atoms with E-state index in [0.717, 1.165) is 46.3 Å². The first kappa shape index (κ1) is 19.4. The van der Waals surface area contributed by atoms with Crippen LogP contribution in [0.15, 0.2) is 54.6 Å². The molecule has 2 aromatic carbocycles. The van der Waals surface area contributed by atoms with Gasteiger partial charge in [0.1, 0.15) is 5.75 Å². The minimum atomic E-state index is 0.107. The average molecular weight is 389 g/mol. The standard InChI is InChI=1S/C25H28N2O2/c1-4-29-20-14-12-19(13-15-20)24-16-22(21-10-5-6-11-23(21)26-24)25(28)27-17(2)8-7-9-18(27)3/h5-6,10-18H,4,7-9H2,1-3H3/t17-,18-/m1/s1. The molecule has 2 heterocycles. The molecule has 0 aliphatic carbocycles. The van der Waals surface area contributed by atoms with E-state index in [0.29, 0.717) is 6.61 Å². The quantitative estimate of drug-likeness (QED) is 0.575. The first-order valence-electron chi connectivity index (χ1n) is 10.5. The van der Waals surface area contributed by atoms with Crippen molar-refractivity contribution in [3.05, 3.63) is 60.2 Å². The number of hydrogen-bond donors (Lipinski definition) is 0. The van der Waals surface area contributed by atoms with Gasteiger partial charge in [0.2, 0.25) is 0 Å². The second kappa shape index (κ2) is 8.24. The molecule has 1 aromatic heterocycles. The summed E-state index contributed by atoms with van der Waals surface area (Å²) in [6, 6.07) is 18.3. The highest BCUT2D eigenvalue weighted by atomic mass is 16.5. The van der Waals surface area contributed by atoms with E-state index in [1.165, 1.54) is 6.42 Å². The van der Waals surface area contributed by atoms with Crippen LogP contribution in [-0.2, 0) is 0 Å². The van der Waals surface area contributed by atoms with Crippen molar-refractivity contribution in [3.8, 4) is 17.0 Å². The molecule has 150 valence electrons. The van der Waals surface area contributed by atoms with E-state index < -0.39 is 0 Å². The van der Waals surface area contributed by atoms with Crippen molar-refractivity contribution in [1.29, 1.82) is 0 Å². The molecule has 1 fully saturated rings. The van der Waals surface area contributed by atoms with Gasteiger partial charge in [-0.25, -0.2) is 4.98 Å². The van der Waals surface area contributed by atoms with Crippen LogP contribution < -0.4 is 4.74 Å². The minimum Gasteiger partial charge on any atom is -0.494 e. The van der Waals surface area contributed by atoms with E-state index in [1.807, 2.05) is 61.5 Å². The second-order valence-electron chi connectivity index (χ2n) is 7.87. The summed E-state index contributed by atoms with van der Waals surface area (Å²) in [5.74, 6) is 0.944. The second-order valence-corrected chi connectivity index (χ2v) is 7.87. The average Bonchev–Trinajstić information content (AvgIpc) is 2.73. The molecule has 1 aliphatic rings. The van der Waals surface area contributed by atoms with Gasteiger partial charge in [-0.3, -0.25) is 4.79 Å². The number of nitrogens with zero attached hydrogens (tertiary/aromatic N) is 2. The number of fused-ring (bicyclic) bond motifs is 1. The fourth-order valence-electron chi connectivity index (χ4n) is 4.35. The Morgan fingerprint density at radius 3 is 2.45 bits per heavy atom. The monoisotopic (exact) mass is 388 g/mol. The van der Waals surface area contributed by atoms with Gasteiger partial charge in [-0.2, -0.15) is 0 Å². The van der Waals surface area contributed by atoms with Crippen molar-refractivity contribution < 1.29 is 9.53 Å². The lowest BCUT2D eigenvalue weighted by Crippen LogP contribution is -2.47. The molecule has 0 bridgehead atoms. The largest absolute Gasteiger partial charge is 0.494 e. The van der Waals surface area contributed by atoms with Crippen molar-refractivity contribution in [3.63, 3.8) is 0 Å². The van der Waals surface area contributed by atoms with Crippen molar-refractivity contribution in [2.75, 3.05) is 6.61 Å². The summed E-state index contributed by atoms with van der Waals surface area (Å²) in [7, 11) is 0. The highest BCUT2D eigenvalue weighted by Gasteiger charge is 2.30. The van der Waals surface area contributed by atoms with Gasteiger partial charge >= 0.3 is 0 Å². The molecule has 1 amide bonds. The summed E-state index contributed by atoms with van der Waals surface area (Å²) < 4.78 is 5.55. The molecule has 4 nitrogen and oxygen atoms in total. The number of likely N-dealkylation sites (tertiary alicyclic amines) is 1. The minimum absolute atomic E-state index is 0.107. The van der Waals surface area contributed by atoms with Gasteiger partial charge in [-0.1, -0.05) is 18.2 Å². The number of carbonyl (C=O) groups excluding carboxylic acids is 1. The Bertz CT molecular complexity index is 1000. The molecule has 4 heteroatoms. The molecular weight excluding hydrogens is 360 g/mol. The third-order valence-electron chi connectivity index (χ3n) is 5.84. The number of rotatable bonds is 4. The van der Waals surface area contributed by atoms with E-state index in [1.54, 1.807) is 0 Å². The number of pyridine rings is 1. The maximum absolute atomic E-state index is 13.6. The summed E-state index contributed by atoms with van der Waals surface area (Å²) in [6.07, 6.45) is 3.30. The van der Waals surface area contributed by atoms with Crippen molar-refractivity contribution in [2.24, 2.45) is 0 Å². The molecule has 0 N–H and O–H groups in total. The predicted molar refractivity (Wildman–Crippen MR) is 117 cm³/mol. The lowest BCUT2D eigenvalue weighted by Gasteiger charge is -2.39. The number of hydrogen-bond acceptors (Lipinski definition) is 3. The Labute approximate surface area is 172 Å². The molecule has 1 aliphatic heterocycles. The maximum Gasteiger partial charge on any atom is 0.255 e. The van der Waals surface area contributed by atoms with Gasteiger partial charge < -0.3 is 9.64 Å². The molecule has 29 heavy (non-hydrogen) atoms. The Morgan fingerprint density at radius 2 is 1.76 bits per heavy atom. The molecule has 2 atom stereocenters. The van der Waals surface area contributed by atoms with E-state index in [-0.39, 0.29) is 18.0 Å². The third kappa shape index (κ3) is 3.84. The number of piperidine rings is 1. The fraction of sp³-hybridized carbons (Fsp3) is 0.360. The van der Waals surface area contributed by atoms with Crippen LogP contribution in [-0.4, -0.2) is 34.5 Å². The summed E-state index contributed by atoms with van der Waals surface area (Å²) in [5.41, 5.74) is 3.38. The maximum atomic E-state index is 13.6. The van der Waals surface area contributed by atoms with Crippen molar-refractivity contribution in [1.82, 2.24) is 9.88 Å². The van der Waals surface area contributed by atoms with Crippen molar-refractivity contribution in [2.45, 2.75) is 52.1 Å². The lowest BCUT2D eigenvalue weighted by atomic mass is 9.95. The molecule has 0 spiro atoms. The molecule has 0 unspecified atom stereocenters. The van der Waals surface area contributed by atoms with Crippen LogP contribution >= 0.6 is 0 Å². The summed E-state index contributed by atoms with van der Waals surface area (Å²) in [4.78, 5) is 20.5. The summed E-state index contributed by atoms with van der Waals surface area (Å²) >= 11 is 0. The first-order chi connectivity index (χ1) is 14.1. The van der Waals surface area contributed by atoms with Crippen LogP contribution in [0.4, 0.5) is 0 Å². The Kier molecular flexibility index (Phi) is 5.52. The number of amides is 1. The Morgan fingerprint density at radius 1 is 1.07 bits per heavy atom. The van der Waals surface area contributed by atoms with E-state index in [9.17, 15) is 4.79 Å². The van der Waals surface area contributed by atoms with Crippen LogP contribution in [0.1, 0.15) is 50.4 Å². The number of carbonyl (C=O) groups is 1. The molecule has 0 radical (unpaired) electrons. The van der Waals surface area contributed by atoms with E-state index >= 15 is 0 Å². The summed E-state index contributed by atoms with van der Waals surface area (Å²) in [5, 5.41) is 0.914. The van der Waals surface area contributed by atoms with E-state index in [2.05, 4.69) is 18.7 Å². The predicted octanol–water partition coefficient (Wildman–Crippen LogP) is 5.70. The third-order valence-corrected chi connectivity index (χ3v) is 5.84. The first-order valence-corrected chi connectivity index (χ1v) is 10.5. The number of aromatic nitrogens is 1. The van der Waals surface area contributed by atoms with Gasteiger partial charge in [-0.05, 0) is 76.4 Å². The number of ether oxygens (including phenoxy) is 1. The van der Waals surface area contributed by atoms with Crippen LogP contribution in [0.25, 0.3) is 22.2 Å². The Hall–Kier alpha value is -2.88. The lowest BCUT2D eigenvalue weighted by molar-refractivity contribution is 0.0513. The van der Waals surface area contributed by atoms with E-state index in [4.69, 9.17) is 9.72 Å². The van der Waals surface area contributed by atoms with Gasteiger partial charge in [0.15, 0.2) is 0 Å². The van der Waals surface area contributed by atoms with Crippen LogP contribution in [0, 0.1) is 0 Å². The highest BCUT2D eigenvalue weighted by Crippen LogP contribution is 2.30. The van der Waals surface area contributed by atoms with Crippen LogP contribution in [0.2, 0.25) is 0 Å². The number of benzene rings is 2. The number of para-hydroxylation sites is 1. The summed E-state index contributed by atoms with van der Waals surface area (Å²) in [6.45, 7) is 6.92. The zero-order chi connectivity index (χ0) is 20.4. The van der Waals surface area contributed by atoms with Gasteiger partial charge in [-0.15, -0.1) is 0 Å². The van der Waals surface area contributed by atoms with Gasteiger partial charge in [0, 0.05) is 23.0 Å². The van der Waals surface area contributed by atoms with Crippen LogP contribution in [0.5, 0.6) is 5.75 Å². The topological polar surface area (TPSA) is 42.4 Å². The molecular formula is C25H28N2O2.